The van der Waals surface area contributed by atoms with Gasteiger partial charge in [0.15, 0.2) is 0 Å². The Kier molecular flexibility index (Phi) is 5.43. The molecule has 0 fully saturated rings. The highest BCUT2D eigenvalue weighted by atomic mass is 32.2. The van der Waals surface area contributed by atoms with Gasteiger partial charge in [0.25, 0.3) is 11.6 Å². The maximum Gasteiger partial charge on any atom is 0.283 e. The zero-order valence-corrected chi connectivity index (χ0v) is 15.4. The van der Waals surface area contributed by atoms with E-state index in [0.29, 0.717) is 16.1 Å². The second-order valence-corrected chi connectivity index (χ2v) is 8.51. The van der Waals surface area contributed by atoms with Gasteiger partial charge in [-0.1, -0.05) is 12.1 Å². The zero-order chi connectivity index (χ0) is 18.8. The Labute approximate surface area is 149 Å². The fourth-order valence-corrected chi connectivity index (χ4v) is 3.65. The molecule has 0 aliphatic heterocycles. The number of nitrogens with one attached hydrogen (secondary N) is 2. The third-order valence-electron chi connectivity index (χ3n) is 3.35. The molecule has 134 valence electrons. The molecule has 0 spiro atoms. The number of hydrogen-bond donors (Lipinski definition) is 2. The van der Waals surface area contributed by atoms with Crippen LogP contribution in [0.5, 0.6) is 0 Å². The van der Waals surface area contributed by atoms with Crippen LogP contribution >= 0.6 is 11.3 Å². The van der Waals surface area contributed by atoms with E-state index in [1.165, 1.54) is 6.07 Å². The molecule has 25 heavy (non-hydrogen) atoms. The Hall–Kier alpha value is -2.46. The fourth-order valence-electron chi connectivity index (χ4n) is 2.20. The number of carbonyl (C=O) groups excluding carboxylic acids is 1. The van der Waals surface area contributed by atoms with Crippen LogP contribution in [0, 0.1) is 17.0 Å². The standard InChI is InChI=1S/C15H17N3O5S2/c1-9(11-5-4-6-12(7-11)17-25(3,22)23)16-15(19)14-8-13(18(20)21)10(2)24-14/h4-9,17H,1-3H3,(H,16,19). The van der Waals surface area contributed by atoms with E-state index in [9.17, 15) is 23.3 Å². The van der Waals surface area contributed by atoms with Crippen LogP contribution in [-0.2, 0) is 10.0 Å². The highest BCUT2D eigenvalue weighted by molar-refractivity contribution is 7.92. The molecule has 0 saturated heterocycles. The van der Waals surface area contributed by atoms with E-state index in [0.717, 1.165) is 17.6 Å². The van der Waals surface area contributed by atoms with E-state index in [2.05, 4.69) is 10.0 Å². The molecule has 1 aromatic carbocycles. The Bertz CT molecular complexity index is 921. The average Bonchev–Trinajstić information content (AvgIpc) is 2.88. The van der Waals surface area contributed by atoms with Crippen LogP contribution in [0.4, 0.5) is 11.4 Å². The molecule has 1 aromatic heterocycles. The van der Waals surface area contributed by atoms with Gasteiger partial charge in [-0.2, -0.15) is 0 Å². The summed E-state index contributed by atoms with van der Waals surface area (Å²) in [6.45, 7) is 3.33. The molecule has 0 bridgehead atoms. The van der Waals surface area contributed by atoms with Crippen molar-refractivity contribution in [3.8, 4) is 0 Å². The number of sulfonamides is 1. The Morgan fingerprint density at radius 2 is 2.00 bits per heavy atom. The molecule has 0 radical (unpaired) electrons. The summed E-state index contributed by atoms with van der Waals surface area (Å²) in [5.74, 6) is -0.421. The molecule has 10 heteroatoms. The topological polar surface area (TPSA) is 118 Å². The SMILES string of the molecule is Cc1sc(C(=O)NC(C)c2cccc(NS(C)(=O)=O)c2)cc1[N+](=O)[O-]. The number of nitro groups is 1. The van der Waals surface area contributed by atoms with E-state index >= 15 is 0 Å². The second-order valence-electron chi connectivity index (χ2n) is 5.50. The van der Waals surface area contributed by atoms with Gasteiger partial charge in [-0.3, -0.25) is 19.6 Å². The summed E-state index contributed by atoms with van der Waals surface area (Å²) in [7, 11) is -3.40. The van der Waals surface area contributed by atoms with Crippen LogP contribution in [-0.4, -0.2) is 25.5 Å². The largest absolute Gasteiger partial charge is 0.345 e. The van der Waals surface area contributed by atoms with E-state index in [-0.39, 0.29) is 10.6 Å². The van der Waals surface area contributed by atoms with Crippen LogP contribution < -0.4 is 10.0 Å². The highest BCUT2D eigenvalue weighted by Crippen LogP contribution is 2.28. The van der Waals surface area contributed by atoms with Crippen LogP contribution in [0.3, 0.4) is 0 Å². The third kappa shape index (κ3) is 5.00. The molecule has 1 unspecified atom stereocenters. The number of hydrogen-bond acceptors (Lipinski definition) is 6. The zero-order valence-electron chi connectivity index (χ0n) is 13.8. The fraction of sp³-hybridized carbons (Fsp3) is 0.267. The maximum absolute atomic E-state index is 12.3. The normalized spacial score (nSPS) is 12.4. The minimum atomic E-state index is -3.40. The third-order valence-corrected chi connectivity index (χ3v) is 4.99. The predicted octanol–water partition coefficient (Wildman–Crippen LogP) is 2.83. The molecule has 0 aliphatic rings. The minimum Gasteiger partial charge on any atom is -0.345 e. The van der Waals surface area contributed by atoms with Crippen molar-refractivity contribution in [2.45, 2.75) is 19.9 Å². The van der Waals surface area contributed by atoms with Crippen molar-refractivity contribution in [1.82, 2.24) is 5.32 Å². The first kappa shape index (κ1) is 18.9. The van der Waals surface area contributed by atoms with E-state index in [4.69, 9.17) is 0 Å². The molecule has 8 nitrogen and oxygen atoms in total. The van der Waals surface area contributed by atoms with Crippen LogP contribution in [0.15, 0.2) is 30.3 Å². The molecule has 0 aliphatic carbocycles. The van der Waals surface area contributed by atoms with Gasteiger partial charge in [0.2, 0.25) is 10.0 Å². The molecule has 1 heterocycles. The van der Waals surface area contributed by atoms with Gasteiger partial charge < -0.3 is 5.32 Å². The first-order chi connectivity index (χ1) is 11.6. The maximum atomic E-state index is 12.3. The number of rotatable bonds is 6. The van der Waals surface area contributed by atoms with Crippen molar-refractivity contribution >= 4 is 38.6 Å². The first-order valence-electron chi connectivity index (χ1n) is 7.20. The van der Waals surface area contributed by atoms with Gasteiger partial charge in [0, 0.05) is 11.8 Å². The molecular formula is C15H17N3O5S2. The summed E-state index contributed by atoms with van der Waals surface area (Å²) in [4.78, 5) is 23.4. The van der Waals surface area contributed by atoms with E-state index in [1.54, 1.807) is 38.1 Å². The number of nitrogens with zero attached hydrogens (tertiary/aromatic N) is 1. The summed E-state index contributed by atoms with van der Waals surface area (Å²) in [5.41, 5.74) is 1.01. The summed E-state index contributed by atoms with van der Waals surface area (Å²) < 4.78 is 25.0. The van der Waals surface area contributed by atoms with Crippen molar-refractivity contribution < 1.29 is 18.1 Å². The molecule has 2 aromatic rings. The van der Waals surface area contributed by atoms with Crippen molar-refractivity contribution in [3.63, 3.8) is 0 Å². The number of aryl methyl sites for hydroxylation is 1. The molecule has 2 N–H and O–H groups in total. The lowest BCUT2D eigenvalue weighted by molar-refractivity contribution is -0.385. The number of thiophene rings is 1. The monoisotopic (exact) mass is 383 g/mol. The summed E-state index contributed by atoms with van der Waals surface area (Å²) >= 11 is 1.05. The summed E-state index contributed by atoms with van der Waals surface area (Å²) in [6.07, 6.45) is 1.05. The first-order valence-corrected chi connectivity index (χ1v) is 9.91. The van der Waals surface area contributed by atoms with Crippen molar-refractivity contribution in [3.05, 3.63) is 55.8 Å². The van der Waals surface area contributed by atoms with Gasteiger partial charge in [-0.05, 0) is 31.5 Å². The predicted molar refractivity (Wildman–Crippen MR) is 96.5 cm³/mol. The Balaban J connectivity index is 2.15. The summed E-state index contributed by atoms with van der Waals surface area (Å²) in [5, 5.41) is 13.6. The van der Waals surface area contributed by atoms with E-state index in [1.807, 2.05) is 0 Å². The number of anilines is 1. The molecular weight excluding hydrogens is 366 g/mol. The molecule has 0 saturated carbocycles. The smallest absolute Gasteiger partial charge is 0.283 e. The minimum absolute atomic E-state index is 0.0813. The molecule has 1 atom stereocenters. The van der Waals surface area contributed by atoms with Gasteiger partial charge in [-0.15, -0.1) is 11.3 Å². The van der Waals surface area contributed by atoms with E-state index < -0.39 is 26.9 Å². The quantitative estimate of drug-likeness (QED) is 0.587. The lowest BCUT2D eigenvalue weighted by Gasteiger charge is -2.15. The van der Waals surface area contributed by atoms with Crippen LogP contribution in [0.2, 0.25) is 0 Å². The highest BCUT2D eigenvalue weighted by Gasteiger charge is 2.21. The number of carbonyl (C=O) groups is 1. The number of benzene rings is 1. The van der Waals surface area contributed by atoms with Gasteiger partial charge >= 0.3 is 0 Å². The second kappa shape index (κ2) is 7.19. The van der Waals surface area contributed by atoms with Crippen molar-refractivity contribution in [2.24, 2.45) is 0 Å². The Morgan fingerprint density at radius 1 is 1.32 bits per heavy atom. The van der Waals surface area contributed by atoms with Crippen molar-refractivity contribution in [2.75, 3.05) is 11.0 Å². The van der Waals surface area contributed by atoms with Gasteiger partial charge in [-0.25, -0.2) is 8.42 Å². The summed E-state index contributed by atoms with van der Waals surface area (Å²) in [6, 6.07) is 7.49. The average molecular weight is 383 g/mol. The lowest BCUT2D eigenvalue weighted by atomic mass is 10.1. The molecule has 1 amide bonds. The Morgan fingerprint density at radius 3 is 2.56 bits per heavy atom. The van der Waals surface area contributed by atoms with Crippen molar-refractivity contribution in [1.29, 1.82) is 0 Å². The van der Waals surface area contributed by atoms with Gasteiger partial charge in [0.05, 0.1) is 27.0 Å². The van der Waals surface area contributed by atoms with Crippen LogP contribution in [0.25, 0.3) is 0 Å². The van der Waals surface area contributed by atoms with Crippen LogP contribution in [0.1, 0.15) is 33.1 Å². The number of amides is 1. The van der Waals surface area contributed by atoms with Gasteiger partial charge in [0.1, 0.15) is 0 Å². The lowest BCUT2D eigenvalue weighted by Crippen LogP contribution is -2.26. The molecule has 2 rings (SSSR count).